The SMILES string of the molecule is OC1CC(c2nccs2)Cc2cc(-c3nn[nH]n3)ccc21. The molecule has 0 saturated carbocycles. The molecular formula is C14H13N5OS. The summed E-state index contributed by atoms with van der Waals surface area (Å²) >= 11 is 1.65. The second kappa shape index (κ2) is 5.01. The van der Waals surface area contributed by atoms with Gasteiger partial charge in [-0.15, -0.1) is 21.5 Å². The molecule has 0 fully saturated rings. The van der Waals surface area contributed by atoms with Crippen LogP contribution in [0.2, 0.25) is 0 Å². The quantitative estimate of drug-likeness (QED) is 0.756. The highest BCUT2D eigenvalue weighted by Crippen LogP contribution is 2.40. The number of nitrogens with one attached hydrogen (secondary N) is 1. The second-order valence-corrected chi connectivity index (χ2v) is 6.10. The largest absolute Gasteiger partial charge is 0.388 e. The molecule has 2 atom stereocenters. The lowest BCUT2D eigenvalue weighted by Crippen LogP contribution is -2.17. The molecule has 21 heavy (non-hydrogen) atoms. The Morgan fingerprint density at radius 2 is 2.29 bits per heavy atom. The van der Waals surface area contributed by atoms with Crippen molar-refractivity contribution in [1.82, 2.24) is 25.6 Å². The Hall–Kier alpha value is -2.12. The Morgan fingerprint density at radius 1 is 1.33 bits per heavy atom. The predicted octanol–water partition coefficient (Wildman–Crippen LogP) is 2.09. The zero-order chi connectivity index (χ0) is 14.2. The maximum Gasteiger partial charge on any atom is 0.204 e. The summed E-state index contributed by atoms with van der Waals surface area (Å²) in [5.41, 5.74) is 3.04. The normalized spacial score (nSPS) is 21.2. The van der Waals surface area contributed by atoms with Crippen LogP contribution in [0, 0.1) is 0 Å². The maximum atomic E-state index is 10.4. The molecule has 1 aliphatic rings. The molecule has 106 valence electrons. The van der Waals surface area contributed by atoms with Crippen molar-refractivity contribution in [2.75, 3.05) is 0 Å². The zero-order valence-corrected chi connectivity index (χ0v) is 11.9. The van der Waals surface area contributed by atoms with E-state index in [-0.39, 0.29) is 5.92 Å². The van der Waals surface area contributed by atoms with Gasteiger partial charge >= 0.3 is 0 Å². The molecule has 0 radical (unpaired) electrons. The van der Waals surface area contributed by atoms with Crippen molar-refractivity contribution in [3.8, 4) is 11.4 Å². The number of rotatable bonds is 2. The van der Waals surface area contributed by atoms with Crippen molar-refractivity contribution >= 4 is 11.3 Å². The number of aromatic nitrogens is 5. The Labute approximate surface area is 124 Å². The standard InChI is InChI=1S/C14H13N5OS/c20-12-7-10(14-15-3-4-21-14)6-9-5-8(1-2-11(9)12)13-16-18-19-17-13/h1-5,10,12,20H,6-7H2,(H,16,17,18,19). The number of benzene rings is 1. The van der Waals surface area contributed by atoms with Crippen molar-refractivity contribution < 1.29 is 5.11 Å². The fourth-order valence-corrected chi connectivity index (χ4v) is 3.66. The summed E-state index contributed by atoms with van der Waals surface area (Å²) in [6.45, 7) is 0. The average molecular weight is 299 g/mol. The first-order valence-electron chi connectivity index (χ1n) is 6.75. The molecule has 0 bridgehead atoms. The van der Waals surface area contributed by atoms with Gasteiger partial charge in [0.15, 0.2) is 0 Å². The number of thiazole rings is 1. The lowest BCUT2D eigenvalue weighted by molar-refractivity contribution is 0.147. The molecule has 0 saturated heterocycles. The first-order valence-corrected chi connectivity index (χ1v) is 7.63. The zero-order valence-electron chi connectivity index (χ0n) is 11.1. The van der Waals surface area contributed by atoms with Crippen LogP contribution in [0.5, 0.6) is 0 Å². The van der Waals surface area contributed by atoms with Gasteiger partial charge in [-0.25, -0.2) is 4.98 Å². The van der Waals surface area contributed by atoms with E-state index in [1.54, 1.807) is 11.3 Å². The van der Waals surface area contributed by atoms with Crippen LogP contribution < -0.4 is 0 Å². The fourth-order valence-electron chi connectivity index (χ4n) is 2.90. The van der Waals surface area contributed by atoms with E-state index in [0.29, 0.717) is 5.82 Å². The van der Waals surface area contributed by atoms with Crippen LogP contribution in [0.4, 0.5) is 0 Å². The highest BCUT2D eigenvalue weighted by atomic mass is 32.1. The van der Waals surface area contributed by atoms with E-state index < -0.39 is 6.10 Å². The lowest BCUT2D eigenvalue weighted by Gasteiger charge is -2.27. The van der Waals surface area contributed by atoms with Crippen molar-refractivity contribution in [2.45, 2.75) is 24.9 Å². The molecule has 2 aromatic heterocycles. The van der Waals surface area contributed by atoms with Gasteiger partial charge in [-0.2, -0.15) is 5.21 Å². The van der Waals surface area contributed by atoms with Gasteiger partial charge in [0.25, 0.3) is 0 Å². The van der Waals surface area contributed by atoms with E-state index in [9.17, 15) is 5.11 Å². The third-order valence-electron chi connectivity index (χ3n) is 3.88. The molecule has 0 amide bonds. The number of hydrogen-bond donors (Lipinski definition) is 2. The molecule has 2 N–H and O–H groups in total. The van der Waals surface area contributed by atoms with E-state index in [2.05, 4.69) is 25.6 Å². The van der Waals surface area contributed by atoms with Crippen molar-refractivity contribution in [3.63, 3.8) is 0 Å². The minimum Gasteiger partial charge on any atom is -0.388 e. The summed E-state index contributed by atoms with van der Waals surface area (Å²) in [5.74, 6) is 0.844. The summed E-state index contributed by atoms with van der Waals surface area (Å²) in [6.07, 6.45) is 2.98. The van der Waals surface area contributed by atoms with E-state index in [0.717, 1.165) is 34.5 Å². The molecule has 7 heteroatoms. The molecule has 0 spiro atoms. The number of aliphatic hydroxyl groups excluding tert-OH is 1. The number of H-pyrrole nitrogens is 1. The van der Waals surface area contributed by atoms with Crippen LogP contribution in [-0.2, 0) is 6.42 Å². The van der Waals surface area contributed by atoms with Gasteiger partial charge in [-0.1, -0.05) is 12.1 Å². The molecule has 1 aromatic carbocycles. The summed E-state index contributed by atoms with van der Waals surface area (Å²) in [5, 5.41) is 27.5. The van der Waals surface area contributed by atoms with Gasteiger partial charge in [0, 0.05) is 23.1 Å². The maximum absolute atomic E-state index is 10.4. The van der Waals surface area contributed by atoms with Gasteiger partial charge in [-0.3, -0.25) is 0 Å². The van der Waals surface area contributed by atoms with E-state index >= 15 is 0 Å². The van der Waals surface area contributed by atoms with Crippen LogP contribution in [-0.4, -0.2) is 30.7 Å². The van der Waals surface area contributed by atoms with Gasteiger partial charge in [-0.05, 0) is 35.2 Å². The molecule has 3 aromatic rings. The number of tetrazole rings is 1. The molecule has 2 heterocycles. The number of fused-ring (bicyclic) bond motifs is 1. The third-order valence-corrected chi connectivity index (χ3v) is 4.82. The molecular weight excluding hydrogens is 286 g/mol. The van der Waals surface area contributed by atoms with Gasteiger partial charge in [0.2, 0.25) is 5.82 Å². The topological polar surface area (TPSA) is 87.6 Å². The average Bonchev–Trinajstić information content (AvgIpc) is 3.20. The van der Waals surface area contributed by atoms with Crippen molar-refractivity contribution in [1.29, 1.82) is 0 Å². The Balaban J connectivity index is 1.72. The summed E-state index contributed by atoms with van der Waals surface area (Å²) in [7, 11) is 0. The molecule has 4 rings (SSSR count). The first kappa shape index (κ1) is 12.6. The number of aliphatic hydroxyl groups is 1. The first-order chi connectivity index (χ1) is 10.3. The third kappa shape index (κ3) is 2.24. The van der Waals surface area contributed by atoms with Gasteiger partial charge in [0.05, 0.1) is 11.1 Å². The Kier molecular flexibility index (Phi) is 3.01. The monoisotopic (exact) mass is 299 g/mol. The molecule has 0 aliphatic heterocycles. The van der Waals surface area contributed by atoms with Crippen LogP contribution in [0.1, 0.15) is 34.6 Å². The minimum atomic E-state index is -0.443. The predicted molar refractivity (Wildman–Crippen MR) is 77.7 cm³/mol. The van der Waals surface area contributed by atoms with E-state index in [1.165, 1.54) is 0 Å². The van der Waals surface area contributed by atoms with Crippen LogP contribution in [0.25, 0.3) is 11.4 Å². The smallest absolute Gasteiger partial charge is 0.204 e. The summed E-state index contributed by atoms with van der Waals surface area (Å²) in [6, 6.07) is 5.93. The molecule has 1 aliphatic carbocycles. The summed E-state index contributed by atoms with van der Waals surface area (Å²) in [4.78, 5) is 4.39. The van der Waals surface area contributed by atoms with Crippen LogP contribution in [0.3, 0.4) is 0 Å². The molecule has 2 unspecified atom stereocenters. The van der Waals surface area contributed by atoms with Gasteiger partial charge < -0.3 is 5.11 Å². The number of aromatic amines is 1. The molecule has 6 nitrogen and oxygen atoms in total. The highest BCUT2D eigenvalue weighted by molar-refractivity contribution is 7.09. The highest BCUT2D eigenvalue weighted by Gasteiger charge is 2.28. The number of hydrogen-bond acceptors (Lipinski definition) is 6. The van der Waals surface area contributed by atoms with E-state index in [1.807, 2.05) is 29.8 Å². The van der Waals surface area contributed by atoms with Crippen LogP contribution >= 0.6 is 11.3 Å². The van der Waals surface area contributed by atoms with Gasteiger partial charge in [0.1, 0.15) is 0 Å². The van der Waals surface area contributed by atoms with Crippen LogP contribution in [0.15, 0.2) is 29.8 Å². The minimum absolute atomic E-state index is 0.271. The van der Waals surface area contributed by atoms with E-state index in [4.69, 9.17) is 0 Å². The lowest BCUT2D eigenvalue weighted by atomic mass is 9.81. The second-order valence-electron chi connectivity index (χ2n) is 5.17. The number of nitrogens with zero attached hydrogens (tertiary/aromatic N) is 4. The Bertz CT molecular complexity index is 741. The summed E-state index contributed by atoms with van der Waals surface area (Å²) < 4.78 is 0. The van der Waals surface area contributed by atoms with Crippen molar-refractivity contribution in [2.24, 2.45) is 0 Å². The van der Waals surface area contributed by atoms with Crippen molar-refractivity contribution in [3.05, 3.63) is 45.9 Å². The fraction of sp³-hybridized carbons (Fsp3) is 0.286. The Morgan fingerprint density at radius 3 is 3.05 bits per heavy atom.